The van der Waals surface area contributed by atoms with Crippen LogP contribution in [0.15, 0.2) is 12.4 Å². The highest BCUT2D eigenvalue weighted by atomic mass is 15.3. The third-order valence-electron chi connectivity index (χ3n) is 4.32. The smallest absolute Gasteiger partial charge is 0.0537 e. The first-order chi connectivity index (χ1) is 9.35. The molecule has 0 aromatic carbocycles. The van der Waals surface area contributed by atoms with E-state index in [0.29, 0.717) is 6.04 Å². The van der Waals surface area contributed by atoms with Gasteiger partial charge in [-0.2, -0.15) is 5.10 Å². The standard InChI is InChI=1S/C16H29N3/c1-3-11-17-16(14-9-7-5-6-8-10-14)15-12-18-19(4-2)13-15/h12-14,16-17H,3-11H2,1-2H3. The molecule has 1 aromatic rings. The van der Waals surface area contributed by atoms with Crippen LogP contribution in [-0.2, 0) is 6.54 Å². The fraction of sp³-hybridized carbons (Fsp3) is 0.812. The molecule has 0 saturated heterocycles. The summed E-state index contributed by atoms with van der Waals surface area (Å²) in [6, 6.07) is 0.512. The van der Waals surface area contributed by atoms with E-state index >= 15 is 0 Å². The average molecular weight is 263 g/mol. The van der Waals surface area contributed by atoms with Crippen LogP contribution < -0.4 is 5.32 Å². The summed E-state index contributed by atoms with van der Waals surface area (Å²) in [4.78, 5) is 0. The number of hydrogen-bond donors (Lipinski definition) is 1. The Labute approximate surface area is 117 Å². The first kappa shape index (κ1) is 14.6. The molecule has 1 unspecified atom stereocenters. The minimum atomic E-state index is 0.512. The van der Waals surface area contributed by atoms with E-state index in [-0.39, 0.29) is 0 Å². The highest BCUT2D eigenvalue weighted by Crippen LogP contribution is 2.33. The van der Waals surface area contributed by atoms with Crippen molar-refractivity contribution in [1.29, 1.82) is 0 Å². The highest BCUT2D eigenvalue weighted by Gasteiger charge is 2.24. The Morgan fingerprint density at radius 2 is 2.00 bits per heavy atom. The van der Waals surface area contributed by atoms with Gasteiger partial charge in [-0.3, -0.25) is 4.68 Å². The third-order valence-corrected chi connectivity index (χ3v) is 4.32. The van der Waals surface area contributed by atoms with Crippen molar-refractivity contribution in [1.82, 2.24) is 15.1 Å². The van der Waals surface area contributed by atoms with Gasteiger partial charge < -0.3 is 5.32 Å². The molecular weight excluding hydrogens is 234 g/mol. The van der Waals surface area contributed by atoms with Crippen LogP contribution in [0.2, 0.25) is 0 Å². The monoisotopic (exact) mass is 263 g/mol. The minimum absolute atomic E-state index is 0.512. The largest absolute Gasteiger partial charge is 0.310 e. The topological polar surface area (TPSA) is 29.9 Å². The molecule has 3 heteroatoms. The second kappa shape index (κ2) is 7.68. The molecule has 0 aliphatic heterocycles. The lowest BCUT2D eigenvalue weighted by atomic mass is 9.88. The zero-order valence-corrected chi connectivity index (χ0v) is 12.6. The zero-order chi connectivity index (χ0) is 13.5. The Morgan fingerprint density at radius 3 is 2.58 bits per heavy atom. The predicted octanol–water partition coefficient (Wildman–Crippen LogP) is 3.91. The van der Waals surface area contributed by atoms with Gasteiger partial charge >= 0.3 is 0 Å². The molecule has 0 bridgehead atoms. The average Bonchev–Trinajstić information content (AvgIpc) is 2.74. The van der Waals surface area contributed by atoms with Gasteiger partial charge in [-0.05, 0) is 38.6 Å². The van der Waals surface area contributed by atoms with Crippen LogP contribution >= 0.6 is 0 Å². The van der Waals surface area contributed by atoms with Crippen molar-refractivity contribution in [2.45, 2.75) is 71.4 Å². The molecule has 0 spiro atoms. The molecular formula is C16H29N3. The van der Waals surface area contributed by atoms with E-state index in [1.54, 1.807) is 0 Å². The first-order valence-corrected chi connectivity index (χ1v) is 8.10. The second-order valence-electron chi connectivity index (χ2n) is 5.81. The van der Waals surface area contributed by atoms with E-state index < -0.39 is 0 Å². The molecule has 0 amide bonds. The van der Waals surface area contributed by atoms with Crippen LogP contribution in [0.1, 0.15) is 70.4 Å². The molecule has 1 fully saturated rings. The molecule has 1 heterocycles. The molecule has 1 aliphatic rings. The van der Waals surface area contributed by atoms with Crippen LogP contribution in [0.4, 0.5) is 0 Å². The molecule has 1 aromatic heterocycles. The lowest BCUT2D eigenvalue weighted by Gasteiger charge is -2.26. The Balaban J connectivity index is 2.08. The van der Waals surface area contributed by atoms with Crippen LogP contribution in [0, 0.1) is 5.92 Å². The molecule has 1 N–H and O–H groups in total. The molecule has 3 nitrogen and oxygen atoms in total. The van der Waals surface area contributed by atoms with E-state index in [2.05, 4.69) is 36.7 Å². The number of aromatic nitrogens is 2. The lowest BCUT2D eigenvalue weighted by Crippen LogP contribution is -2.28. The van der Waals surface area contributed by atoms with Gasteiger partial charge in [0, 0.05) is 24.3 Å². The molecule has 108 valence electrons. The SMILES string of the molecule is CCCNC(c1cnn(CC)c1)C1CCCCCC1. The molecule has 1 atom stereocenters. The van der Waals surface area contributed by atoms with E-state index in [0.717, 1.165) is 19.0 Å². The third kappa shape index (κ3) is 4.07. The summed E-state index contributed by atoms with van der Waals surface area (Å²) in [6.07, 6.45) is 13.9. The molecule has 19 heavy (non-hydrogen) atoms. The summed E-state index contributed by atoms with van der Waals surface area (Å²) in [5.74, 6) is 0.795. The number of hydrogen-bond acceptors (Lipinski definition) is 2. The van der Waals surface area contributed by atoms with E-state index in [1.165, 1.54) is 50.5 Å². The molecule has 2 rings (SSSR count). The van der Waals surface area contributed by atoms with Gasteiger partial charge in [0.2, 0.25) is 0 Å². The number of aryl methyl sites for hydroxylation is 1. The van der Waals surface area contributed by atoms with Crippen LogP contribution in [0.25, 0.3) is 0 Å². The lowest BCUT2D eigenvalue weighted by molar-refractivity contribution is 0.325. The van der Waals surface area contributed by atoms with Gasteiger partial charge in [0.1, 0.15) is 0 Å². The summed E-state index contributed by atoms with van der Waals surface area (Å²) in [5, 5.41) is 8.23. The summed E-state index contributed by atoms with van der Waals surface area (Å²) in [5.41, 5.74) is 1.39. The Hall–Kier alpha value is -0.830. The van der Waals surface area contributed by atoms with Gasteiger partial charge in [-0.1, -0.05) is 32.6 Å². The second-order valence-corrected chi connectivity index (χ2v) is 5.81. The molecule has 1 saturated carbocycles. The van der Waals surface area contributed by atoms with Crippen molar-refractivity contribution in [3.05, 3.63) is 18.0 Å². The quantitative estimate of drug-likeness (QED) is 0.789. The van der Waals surface area contributed by atoms with Crippen molar-refractivity contribution >= 4 is 0 Å². The summed E-state index contributed by atoms with van der Waals surface area (Å²) in [6.45, 7) is 6.47. The van der Waals surface area contributed by atoms with Crippen LogP contribution in [0.5, 0.6) is 0 Å². The maximum absolute atomic E-state index is 4.46. The van der Waals surface area contributed by atoms with Crippen molar-refractivity contribution in [3.8, 4) is 0 Å². The number of nitrogens with zero attached hydrogens (tertiary/aromatic N) is 2. The van der Waals surface area contributed by atoms with E-state index in [4.69, 9.17) is 0 Å². The minimum Gasteiger partial charge on any atom is -0.310 e. The van der Waals surface area contributed by atoms with Gasteiger partial charge in [-0.25, -0.2) is 0 Å². The number of rotatable bonds is 6. The highest BCUT2D eigenvalue weighted by molar-refractivity contribution is 5.12. The Kier molecular flexibility index (Phi) is 5.90. The van der Waals surface area contributed by atoms with E-state index in [1.807, 2.05) is 4.68 Å². The summed E-state index contributed by atoms with van der Waals surface area (Å²) < 4.78 is 2.05. The fourth-order valence-electron chi connectivity index (χ4n) is 3.21. The predicted molar refractivity (Wildman–Crippen MR) is 80.1 cm³/mol. The van der Waals surface area contributed by atoms with Gasteiger partial charge in [0.05, 0.1) is 6.20 Å². The van der Waals surface area contributed by atoms with Gasteiger partial charge in [0.25, 0.3) is 0 Å². The summed E-state index contributed by atoms with van der Waals surface area (Å²) >= 11 is 0. The number of nitrogens with one attached hydrogen (secondary N) is 1. The van der Waals surface area contributed by atoms with Crippen LogP contribution in [-0.4, -0.2) is 16.3 Å². The molecule has 0 radical (unpaired) electrons. The van der Waals surface area contributed by atoms with Crippen molar-refractivity contribution in [2.24, 2.45) is 5.92 Å². The maximum Gasteiger partial charge on any atom is 0.0537 e. The maximum atomic E-state index is 4.46. The zero-order valence-electron chi connectivity index (χ0n) is 12.6. The van der Waals surface area contributed by atoms with Crippen molar-refractivity contribution < 1.29 is 0 Å². The van der Waals surface area contributed by atoms with Crippen LogP contribution in [0.3, 0.4) is 0 Å². The van der Waals surface area contributed by atoms with Crippen molar-refractivity contribution in [2.75, 3.05) is 6.54 Å². The molecule has 1 aliphatic carbocycles. The van der Waals surface area contributed by atoms with E-state index in [9.17, 15) is 0 Å². The van der Waals surface area contributed by atoms with Gasteiger partial charge in [0.15, 0.2) is 0 Å². The normalized spacial score (nSPS) is 19.3. The fourth-order valence-corrected chi connectivity index (χ4v) is 3.21. The van der Waals surface area contributed by atoms with Gasteiger partial charge in [-0.15, -0.1) is 0 Å². The summed E-state index contributed by atoms with van der Waals surface area (Å²) in [7, 11) is 0. The Bertz CT molecular complexity index is 351. The van der Waals surface area contributed by atoms with Crippen molar-refractivity contribution in [3.63, 3.8) is 0 Å². The Morgan fingerprint density at radius 1 is 1.26 bits per heavy atom. The first-order valence-electron chi connectivity index (χ1n) is 8.10.